The monoisotopic (exact) mass is 1960 g/mol. The standard InChI is InChI=1S/C36H35ClFN7O3.C36H36ClFN6O2.C35H33ClFN7O3/c1-8-25(46)43-15-24-35(47)42(7)34-33(44(24)14-20(43)6)21-13-22(38)27(26-18(4)9-10-23-30(26)41-16-40-23)28(37)32(21)45(36(34)48)31-19(5)11-12-39-29(31)17(2)3;1-7-27(45)42-16-22-9-10-23-34(43(22)15-21(42)6)24-14-25(38)29(28-19(4)8-11-26-32(28)41-17-40-26)30(37)35(24)44(36(23)46)33-20(5)12-13-39-31(33)18(2)3;1-7-24(45)42-14-23-34(46)41-30-33(43(23)13-19(42)6)20-12-21(37)26(25-17(4)8-9-22-29(25)40-15-39-22)27(36)32(20)44(35(30)47)31-18(5)10-11-38-28(31)16(2)3/h8-13,16-17,20,24H,1,14-15H2,2-7H3,(H,40,41);7-8,11-14,17-18,21-22H,1,9-10,15-16H2,2-6H3,(H,40,41);7-12,15-16,19,23H,1,13-14H2,2-6H3,(H,39,40)(H,41,46). The first-order valence-corrected chi connectivity index (χ1v) is 48.1. The molecule has 0 saturated carbocycles. The molecule has 6 aliphatic heterocycles. The molecule has 0 spiro atoms. The van der Waals surface area contributed by atoms with Crippen molar-refractivity contribution in [3.05, 3.63) is 268 Å². The third kappa shape index (κ3) is 15.1. The van der Waals surface area contributed by atoms with Crippen LogP contribution in [0.25, 0.3) is 116 Å². The third-order valence-corrected chi connectivity index (χ3v) is 29.9. The lowest BCUT2D eigenvalue weighted by Crippen LogP contribution is -2.66. The van der Waals surface area contributed by atoms with Crippen molar-refractivity contribution in [3.63, 3.8) is 0 Å². The minimum atomic E-state index is -0.825. The number of piperazine rings is 3. The molecule has 3 fully saturated rings. The van der Waals surface area contributed by atoms with Crippen LogP contribution in [0.2, 0.25) is 15.1 Å². The molecule has 4 N–H and O–H groups in total. The molecule has 722 valence electrons. The highest BCUT2D eigenvalue weighted by Crippen LogP contribution is 2.53. The van der Waals surface area contributed by atoms with E-state index in [0.29, 0.717) is 148 Å². The molecule has 0 radical (unpaired) electrons. The van der Waals surface area contributed by atoms with Gasteiger partial charge in [0, 0.05) is 131 Å². The van der Waals surface area contributed by atoms with E-state index in [1.807, 2.05) is 162 Å². The van der Waals surface area contributed by atoms with Gasteiger partial charge in [0.05, 0.1) is 148 Å². The van der Waals surface area contributed by atoms with E-state index in [1.54, 1.807) is 70.0 Å². The number of imidazole rings is 3. The van der Waals surface area contributed by atoms with Crippen LogP contribution in [0.5, 0.6) is 0 Å². The average molecular weight is 1960 g/mol. The van der Waals surface area contributed by atoms with Crippen molar-refractivity contribution in [2.75, 3.05) is 71.2 Å². The Kier molecular flexibility index (Phi) is 24.5. The van der Waals surface area contributed by atoms with E-state index in [1.165, 1.54) is 50.5 Å². The molecule has 6 aromatic carbocycles. The second kappa shape index (κ2) is 36.3. The highest BCUT2D eigenvalue weighted by molar-refractivity contribution is 6.41. The molecule has 15 heterocycles. The molecule has 6 atom stereocenters. The normalized spacial score (nSPS) is 17.8. The Labute approximate surface area is 824 Å². The highest BCUT2D eigenvalue weighted by atomic mass is 35.5. The van der Waals surface area contributed by atoms with Crippen LogP contribution in [0.1, 0.15) is 143 Å². The molecule has 28 nitrogen and oxygen atoms in total. The maximum atomic E-state index is 16.9. The highest BCUT2D eigenvalue weighted by Gasteiger charge is 2.49. The zero-order chi connectivity index (χ0) is 100. The zero-order valence-electron chi connectivity index (χ0n) is 80.8. The fourth-order valence-corrected chi connectivity index (χ4v) is 23.1. The number of nitrogens with one attached hydrogen (secondary N) is 4. The van der Waals surface area contributed by atoms with Crippen LogP contribution < -0.4 is 41.6 Å². The quantitative estimate of drug-likeness (QED) is 0.0826. The van der Waals surface area contributed by atoms with Crippen molar-refractivity contribution in [3.8, 4) is 50.4 Å². The summed E-state index contributed by atoms with van der Waals surface area (Å²) in [6.45, 7) is 41.6. The number of H-pyrrole nitrogens is 3. The summed E-state index contributed by atoms with van der Waals surface area (Å²) in [5.74, 6) is -3.37. The molecule has 21 rings (SSSR count). The molecular formula is C107H104Cl3F3N20O8. The summed E-state index contributed by atoms with van der Waals surface area (Å²) in [4.78, 5) is 160. The smallest absolute Gasteiger partial charge is 0.281 e. The SMILES string of the molecule is C=CC(=O)N1CC2C(=O)N(C)c3c(c4cc(F)c(-c5c(C)ccc6[nH]cnc56)c(Cl)c4n(-c4c(C)ccnc4C(C)C)c3=O)N2CC1C.C=CC(=O)N1CC2C(=O)Nc3c(c4cc(F)c(-c5c(C)ccc6[nH]cnc56)c(Cl)c4n(-c4c(C)ccnc4C(C)C)c3=O)N2CC1C.C=CC(=O)N1CC2CCc3c(c4cc(F)c(-c5c(C)ccc6[nH]cnc56)c(Cl)c4n(-c4c(C)ccnc4C(C)C)c3=O)N2CC1C. The van der Waals surface area contributed by atoms with E-state index in [0.717, 1.165) is 44.6 Å². The Morgan fingerprint density at radius 1 is 0.418 bits per heavy atom. The van der Waals surface area contributed by atoms with Gasteiger partial charge in [-0.3, -0.25) is 67.0 Å². The fourth-order valence-electron chi connectivity index (χ4n) is 22.0. The van der Waals surface area contributed by atoms with Crippen LogP contribution in [0.15, 0.2) is 163 Å². The molecular weight excluding hydrogens is 1860 g/mol. The number of nitrogens with zero attached hydrogens (tertiary/aromatic N) is 16. The van der Waals surface area contributed by atoms with Crippen LogP contribution >= 0.6 is 34.8 Å². The van der Waals surface area contributed by atoms with Gasteiger partial charge in [0.15, 0.2) is 0 Å². The second-order valence-corrected chi connectivity index (χ2v) is 39.6. The molecule has 141 heavy (non-hydrogen) atoms. The van der Waals surface area contributed by atoms with Gasteiger partial charge in [0.25, 0.3) is 22.6 Å². The number of rotatable bonds is 12. The van der Waals surface area contributed by atoms with Crippen molar-refractivity contribution < 1.29 is 37.1 Å². The number of likely N-dealkylation sites (N-methyl/N-ethyl adjacent to an activating group) is 1. The lowest BCUT2D eigenvalue weighted by molar-refractivity contribution is -0.132. The Morgan fingerprint density at radius 2 is 0.773 bits per heavy atom. The van der Waals surface area contributed by atoms with E-state index < -0.39 is 46.6 Å². The van der Waals surface area contributed by atoms with Gasteiger partial charge in [-0.05, 0) is 199 Å². The lowest BCUT2D eigenvalue weighted by Gasteiger charge is -2.50. The predicted molar refractivity (Wildman–Crippen MR) is 551 cm³/mol. The first-order valence-electron chi connectivity index (χ1n) is 47.0. The number of fused-ring (bicyclic) bond motifs is 18. The summed E-state index contributed by atoms with van der Waals surface area (Å²) in [5.41, 5.74) is 16.3. The summed E-state index contributed by atoms with van der Waals surface area (Å²) in [6.07, 6.45) is 14.8. The van der Waals surface area contributed by atoms with E-state index in [9.17, 15) is 33.6 Å². The molecule has 34 heteroatoms. The number of pyridine rings is 6. The van der Waals surface area contributed by atoms with E-state index in [4.69, 9.17) is 39.8 Å². The number of aromatic nitrogens is 12. The largest absolute Gasteiger partial charge is 0.364 e. The molecule has 9 aromatic heterocycles. The molecule has 3 saturated heterocycles. The first kappa shape index (κ1) is 95.4. The Bertz CT molecular complexity index is 8160. The van der Waals surface area contributed by atoms with Crippen LogP contribution in [0.4, 0.5) is 41.6 Å². The lowest BCUT2D eigenvalue weighted by atomic mass is 9.89. The first-order chi connectivity index (χ1) is 67.3. The summed E-state index contributed by atoms with van der Waals surface area (Å²) in [5, 5.41) is 4.29. The van der Waals surface area contributed by atoms with Crippen molar-refractivity contribution >= 4 is 159 Å². The number of amides is 5. The van der Waals surface area contributed by atoms with E-state index in [2.05, 4.69) is 69.8 Å². The number of carbonyl (C=O) groups excluding carboxylic acids is 5. The number of hydrogen-bond acceptors (Lipinski definition) is 17. The van der Waals surface area contributed by atoms with Gasteiger partial charge in [-0.25, -0.2) is 28.1 Å². The van der Waals surface area contributed by atoms with E-state index in [-0.39, 0.29) is 146 Å². The summed E-state index contributed by atoms with van der Waals surface area (Å²) in [7, 11) is 1.54. The Balaban J connectivity index is 0.000000135. The van der Waals surface area contributed by atoms with Gasteiger partial charge in [0.2, 0.25) is 23.6 Å². The van der Waals surface area contributed by atoms with Crippen molar-refractivity contribution in [2.45, 2.75) is 171 Å². The van der Waals surface area contributed by atoms with Crippen molar-refractivity contribution in [1.29, 1.82) is 0 Å². The Morgan fingerprint density at radius 3 is 1.17 bits per heavy atom. The van der Waals surface area contributed by atoms with Gasteiger partial charge in [-0.1, -0.05) is 114 Å². The van der Waals surface area contributed by atoms with Gasteiger partial charge in [-0.15, -0.1) is 0 Å². The fraction of sp³-hybridized carbons (Fsp3) is 0.308. The van der Waals surface area contributed by atoms with E-state index >= 15 is 18.0 Å². The summed E-state index contributed by atoms with van der Waals surface area (Å²) in [6, 6.07) is 18.6. The van der Waals surface area contributed by atoms with Crippen LogP contribution in [-0.2, 0) is 30.4 Å². The minimum absolute atomic E-state index is 0.00679. The number of aryl methyl sites for hydroxylation is 6. The number of aromatic amines is 3. The van der Waals surface area contributed by atoms with Gasteiger partial charge in [-0.2, -0.15) is 0 Å². The predicted octanol–water partition coefficient (Wildman–Crippen LogP) is 19.0. The minimum Gasteiger partial charge on any atom is -0.364 e. The molecule has 15 aromatic rings. The number of benzene rings is 6. The Hall–Kier alpha value is -14.6. The van der Waals surface area contributed by atoms with Crippen molar-refractivity contribution in [2.24, 2.45) is 0 Å². The molecule has 0 aliphatic carbocycles. The maximum Gasteiger partial charge on any atom is 0.281 e. The summed E-state index contributed by atoms with van der Waals surface area (Å²) < 4.78 is 55.1. The van der Waals surface area contributed by atoms with Crippen molar-refractivity contribution in [1.82, 2.24) is 73.3 Å². The molecule has 0 bridgehead atoms. The number of halogens is 6. The van der Waals surface area contributed by atoms with Gasteiger partial charge in [0.1, 0.15) is 40.9 Å². The maximum absolute atomic E-state index is 16.9. The summed E-state index contributed by atoms with van der Waals surface area (Å²) >= 11 is 22.2. The third-order valence-electron chi connectivity index (χ3n) is 28.8. The van der Waals surface area contributed by atoms with Crippen LogP contribution in [-0.4, -0.2) is 185 Å². The van der Waals surface area contributed by atoms with Gasteiger partial charge < -0.3 is 54.6 Å². The number of hydrogen-bond donors (Lipinski definition) is 4. The topological polar surface area (TPSA) is 311 Å². The van der Waals surface area contributed by atoms with Crippen LogP contribution in [0, 0.1) is 59.0 Å². The molecule has 6 unspecified atom stereocenters. The second-order valence-electron chi connectivity index (χ2n) is 38.4. The average Bonchev–Trinajstić information content (AvgIpc) is 1.27. The van der Waals surface area contributed by atoms with Gasteiger partial charge >= 0.3 is 0 Å². The number of anilines is 5. The molecule has 6 aliphatic rings. The molecule has 5 amide bonds. The van der Waals surface area contributed by atoms with Crippen LogP contribution in [0.3, 0.4) is 0 Å². The zero-order valence-corrected chi connectivity index (χ0v) is 83.1. The number of carbonyl (C=O) groups is 5.